The number of hydrogen-bond acceptors (Lipinski definition) is 3. The number of carbonyl (C=O) groups excluding carboxylic acids is 1. The minimum Gasteiger partial charge on any atom is -0.369 e. The quantitative estimate of drug-likeness (QED) is 0.793. The van der Waals surface area contributed by atoms with Gasteiger partial charge in [-0.05, 0) is 42.5 Å². The summed E-state index contributed by atoms with van der Waals surface area (Å²) in [5.41, 5.74) is 3.78. The van der Waals surface area contributed by atoms with Crippen LogP contribution in [-0.4, -0.2) is 43.5 Å². The molecular weight excluding hydrogens is 346 g/mol. The number of para-hydroxylation sites is 1. The molecule has 1 N–H and O–H groups in total. The second-order valence-electron chi connectivity index (χ2n) is 8.23. The van der Waals surface area contributed by atoms with Crippen LogP contribution in [0.5, 0.6) is 0 Å². The molecule has 2 aromatic carbocycles. The van der Waals surface area contributed by atoms with Gasteiger partial charge in [0.25, 0.3) is 0 Å². The SMILES string of the molecule is CC(C)Cc1ccc([C@H](C)NC(=O)CN2CCN(c3ccccc3)CC2)cc1. The fraction of sp³-hybridized carbons (Fsp3) is 0.458. The van der Waals surface area contributed by atoms with Gasteiger partial charge in [0.1, 0.15) is 0 Å². The van der Waals surface area contributed by atoms with Gasteiger partial charge < -0.3 is 10.2 Å². The standard InChI is InChI=1S/C24H33N3O/c1-19(2)17-21-9-11-22(12-10-21)20(3)25-24(28)18-26-13-15-27(16-14-26)23-7-5-4-6-8-23/h4-12,19-20H,13-18H2,1-3H3,(H,25,28)/t20-/m0/s1. The highest BCUT2D eigenvalue weighted by molar-refractivity contribution is 5.78. The Hall–Kier alpha value is -2.33. The predicted octanol–water partition coefficient (Wildman–Crippen LogP) is 3.88. The largest absolute Gasteiger partial charge is 0.369 e. The van der Waals surface area contributed by atoms with Crippen LogP contribution in [0.2, 0.25) is 0 Å². The van der Waals surface area contributed by atoms with E-state index >= 15 is 0 Å². The predicted molar refractivity (Wildman–Crippen MR) is 117 cm³/mol. The number of rotatable bonds is 7. The molecule has 150 valence electrons. The molecule has 1 atom stereocenters. The topological polar surface area (TPSA) is 35.6 Å². The van der Waals surface area contributed by atoms with Gasteiger partial charge in [-0.1, -0.05) is 56.3 Å². The van der Waals surface area contributed by atoms with Gasteiger partial charge in [0.05, 0.1) is 12.6 Å². The first kappa shape index (κ1) is 20.4. The van der Waals surface area contributed by atoms with Crippen LogP contribution in [0.3, 0.4) is 0 Å². The molecule has 1 aliphatic heterocycles. The minimum absolute atomic E-state index is 0.0335. The smallest absolute Gasteiger partial charge is 0.234 e. The molecule has 0 bridgehead atoms. The van der Waals surface area contributed by atoms with Gasteiger partial charge in [0, 0.05) is 31.9 Å². The number of benzene rings is 2. The molecule has 0 aliphatic carbocycles. The first-order chi connectivity index (χ1) is 13.5. The Morgan fingerprint density at radius 2 is 1.57 bits per heavy atom. The van der Waals surface area contributed by atoms with Gasteiger partial charge in [-0.25, -0.2) is 0 Å². The van der Waals surface area contributed by atoms with Crippen molar-refractivity contribution in [3.8, 4) is 0 Å². The first-order valence-corrected chi connectivity index (χ1v) is 10.4. The van der Waals surface area contributed by atoms with Crippen molar-refractivity contribution in [1.29, 1.82) is 0 Å². The Bertz CT molecular complexity index is 734. The molecule has 3 rings (SSSR count). The van der Waals surface area contributed by atoms with Gasteiger partial charge >= 0.3 is 0 Å². The fourth-order valence-corrected chi connectivity index (χ4v) is 3.79. The monoisotopic (exact) mass is 379 g/mol. The maximum atomic E-state index is 12.5. The van der Waals surface area contributed by atoms with E-state index in [0.29, 0.717) is 12.5 Å². The molecule has 1 aliphatic rings. The lowest BCUT2D eigenvalue weighted by Gasteiger charge is -2.35. The van der Waals surface area contributed by atoms with E-state index in [2.05, 4.69) is 84.4 Å². The second kappa shape index (κ2) is 9.74. The van der Waals surface area contributed by atoms with Gasteiger partial charge in [-0.15, -0.1) is 0 Å². The highest BCUT2D eigenvalue weighted by Crippen LogP contribution is 2.17. The van der Waals surface area contributed by atoms with Crippen LogP contribution in [0, 0.1) is 5.92 Å². The average molecular weight is 380 g/mol. The summed E-state index contributed by atoms with van der Waals surface area (Å²) < 4.78 is 0. The van der Waals surface area contributed by atoms with Crippen molar-refractivity contribution in [2.24, 2.45) is 5.92 Å². The van der Waals surface area contributed by atoms with Crippen molar-refractivity contribution in [3.05, 3.63) is 65.7 Å². The Morgan fingerprint density at radius 3 is 2.18 bits per heavy atom. The van der Waals surface area contributed by atoms with Crippen LogP contribution in [0.1, 0.15) is 37.9 Å². The van der Waals surface area contributed by atoms with Crippen molar-refractivity contribution >= 4 is 11.6 Å². The Labute approximate surface area is 169 Å². The summed E-state index contributed by atoms with van der Waals surface area (Å²) in [4.78, 5) is 17.1. The van der Waals surface area contributed by atoms with E-state index in [4.69, 9.17) is 0 Å². The summed E-state index contributed by atoms with van der Waals surface area (Å²) in [7, 11) is 0. The van der Waals surface area contributed by atoms with Crippen molar-refractivity contribution in [2.75, 3.05) is 37.6 Å². The average Bonchev–Trinajstić information content (AvgIpc) is 2.69. The third kappa shape index (κ3) is 5.83. The van der Waals surface area contributed by atoms with Crippen molar-refractivity contribution in [2.45, 2.75) is 33.2 Å². The highest BCUT2D eigenvalue weighted by atomic mass is 16.2. The van der Waals surface area contributed by atoms with Crippen LogP contribution in [0.25, 0.3) is 0 Å². The number of carbonyl (C=O) groups is 1. The lowest BCUT2D eigenvalue weighted by molar-refractivity contribution is -0.123. The molecule has 4 nitrogen and oxygen atoms in total. The van der Waals surface area contributed by atoms with Crippen molar-refractivity contribution in [3.63, 3.8) is 0 Å². The van der Waals surface area contributed by atoms with Gasteiger partial charge in [0.15, 0.2) is 0 Å². The zero-order chi connectivity index (χ0) is 19.9. The Morgan fingerprint density at radius 1 is 0.929 bits per heavy atom. The molecule has 1 saturated heterocycles. The molecular formula is C24H33N3O. The van der Waals surface area contributed by atoms with E-state index in [1.165, 1.54) is 11.3 Å². The number of nitrogens with zero attached hydrogens (tertiary/aromatic N) is 2. The van der Waals surface area contributed by atoms with Crippen LogP contribution >= 0.6 is 0 Å². The molecule has 0 radical (unpaired) electrons. The van der Waals surface area contributed by atoms with Crippen LogP contribution in [0.4, 0.5) is 5.69 Å². The summed E-state index contributed by atoms with van der Waals surface area (Å²) in [6, 6.07) is 19.2. The summed E-state index contributed by atoms with van der Waals surface area (Å²) in [6.07, 6.45) is 1.09. The normalized spacial score (nSPS) is 16.2. The second-order valence-corrected chi connectivity index (χ2v) is 8.23. The Balaban J connectivity index is 1.44. The van der Waals surface area contributed by atoms with E-state index in [-0.39, 0.29) is 11.9 Å². The maximum Gasteiger partial charge on any atom is 0.234 e. The van der Waals surface area contributed by atoms with E-state index in [9.17, 15) is 4.79 Å². The fourth-order valence-electron chi connectivity index (χ4n) is 3.79. The molecule has 4 heteroatoms. The molecule has 2 aromatic rings. The molecule has 0 unspecified atom stereocenters. The third-order valence-electron chi connectivity index (χ3n) is 5.36. The molecule has 1 amide bonds. The Kier molecular flexibility index (Phi) is 7.10. The van der Waals surface area contributed by atoms with Crippen LogP contribution in [0.15, 0.2) is 54.6 Å². The summed E-state index contributed by atoms with van der Waals surface area (Å²) in [5, 5.41) is 3.15. The zero-order valence-corrected chi connectivity index (χ0v) is 17.4. The molecule has 1 heterocycles. The number of anilines is 1. The van der Waals surface area contributed by atoms with Crippen LogP contribution < -0.4 is 10.2 Å². The van der Waals surface area contributed by atoms with Gasteiger partial charge in [0.2, 0.25) is 5.91 Å². The highest BCUT2D eigenvalue weighted by Gasteiger charge is 2.20. The van der Waals surface area contributed by atoms with Gasteiger partial charge in [-0.3, -0.25) is 9.69 Å². The lowest BCUT2D eigenvalue weighted by Crippen LogP contribution is -2.49. The molecule has 0 aromatic heterocycles. The minimum atomic E-state index is 0.0335. The van der Waals surface area contributed by atoms with Gasteiger partial charge in [-0.2, -0.15) is 0 Å². The summed E-state index contributed by atoms with van der Waals surface area (Å²) in [6.45, 7) is 10.8. The summed E-state index contributed by atoms with van der Waals surface area (Å²) in [5.74, 6) is 0.761. The van der Waals surface area contributed by atoms with Crippen LogP contribution in [-0.2, 0) is 11.2 Å². The van der Waals surface area contributed by atoms with Crippen molar-refractivity contribution < 1.29 is 4.79 Å². The van der Waals surface area contributed by atoms with E-state index in [1.807, 2.05) is 6.07 Å². The first-order valence-electron chi connectivity index (χ1n) is 10.4. The molecule has 28 heavy (non-hydrogen) atoms. The number of piperazine rings is 1. The molecule has 1 fully saturated rings. The lowest BCUT2D eigenvalue weighted by atomic mass is 10.00. The van der Waals surface area contributed by atoms with E-state index in [1.54, 1.807) is 0 Å². The maximum absolute atomic E-state index is 12.5. The number of hydrogen-bond donors (Lipinski definition) is 1. The molecule has 0 saturated carbocycles. The zero-order valence-electron chi connectivity index (χ0n) is 17.4. The van der Waals surface area contributed by atoms with Crippen molar-refractivity contribution in [1.82, 2.24) is 10.2 Å². The number of nitrogens with one attached hydrogen (secondary N) is 1. The summed E-state index contributed by atoms with van der Waals surface area (Å²) >= 11 is 0. The third-order valence-corrected chi connectivity index (χ3v) is 5.36. The number of amides is 1. The van der Waals surface area contributed by atoms with E-state index < -0.39 is 0 Å². The molecule has 0 spiro atoms. The van der Waals surface area contributed by atoms with E-state index in [0.717, 1.165) is 38.2 Å².